The average molecular weight is 312 g/mol. The number of nitrogens with two attached hydrogens (primary N) is 1. The quantitative estimate of drug-likeness (QED) is 0.436. The van der Waals surface area contributed by atoms with Gasteiger partial charge in [0.2, 0.25) is 0 Å². The van der Waals surface area contributed by atoms with Crippen LogP contribution in [0.5, 0.6) is 0 Å². The van der Waals surface area contributed by atoms with Crippen molar-refractivity contribution in [1.29, 1.82) is 0 Å². The molecule has 3 nitrogen and oxygen atoms in total. The summed E-state index contributed by atoms with van der Waals surface area (Å²) in [6, 6.07) is 0. The monoisotopic (exact) mass is 311 g/mol. The molecule has 0 heterocycles. The lowest BCUT2D eigenvalue weighted by Gasteiger charge is -2.32. The van der Waals surface area contributed by atoms with E-state index < -0.39 is 0 Å². The molecule has 0 amide bonds. The maximum atomic E-state index is 5.49. The molecule has 9 atom stereocenters. The predicted molar refractivity (Wildman–Crippen MR) is 72.6 cm³/mol. The third-order valence-electron chi connectivity index (χ3n) is 6.34. The SMILES string of the molecule is NC(=S)N/N=C1/[C@H]2[C@H]3[C@@H]4C[C@@H]5[C@@H]3[C@@H](Br)[C@@H]2[C@@H]5[C@@H]14. The Kier molecular flexibility index (Phi) is 1.55. The van der Waals surface area contributed by atoms with Crippen LogP contribution in [0, 0.1) is 47.3 Å². The minimum atomic E-state index is 0.297. The second-order valence-corrected chi connectivity index (χ2v) is 7.88. The summed E-state index contributed by atoms with van der Waals surface area (Å²) in [4.78, 5) is 0.764. The van der Waals surface area contributed by atoms with Crippen LogP contribution < -0.4 is 11.2 Å². The molecule has 0 spiro atoms. The summed E-state index contributed by atoms with van der Waals surface area (Å²) >= 11 is 8.82. The van der Waals surface area contributed by atoms with E-state index in [-0.39, 0.29) is 0 Å². The van der Waals surface area contributed by atoms with Gasteiger partial charge in [0, 0.05) is 22.4 Å². The van der Waals surface area contributed by atoms with Gasteiger partial charge in [-0.2, -0.15) is 5.10 Å². The van der Waals surface area contributed by atoms with Gasteiger partial charge in [0.1, 0.15) is 0 Å². The molecule has 0 aromatic heterocycles. The van der Waals surface area contributed by atoms with E-state index >= 15 is 0 Å². The van der Waals surface area contributed by atoms with Gasteiger partial charge in [-0.1, -0.05) is 15.9 Å². The minimum absolute atomic E-state index is 0.297. The first-order valence-electron chi connectivity index (χ1n) is 6.47. The summed E-state index contributed by atoms with van der Waals surface area (Å²) in [6.45, 7) is 0. The van der Waals surface area contributed by atoms with Crippen molar-refractivity contribution >= 4 is 39.0 Å². The van der Waals surface area contributed by atoms with Gasteiger partial charge in [0.15, 0.2) is 5.11 Å². The average Bonchev–Trinajstić information content (AvgIpc) is 2.97. The molecule has 0 aliphatic heterocycles. The maximum absolute atomic E-state index is 5.49. The lowest BCUT2D eigenvalue weighted by Crippen LogP contribution is -2.30. The molecule has 5 heteroatoms. The molecule has 0 aromatic rings. The van der Waals surface area contributed by atoms with Crippen molar-refractivity contribution in [3.8, 4) is 0 Å². The predicted octanol–water partition coefficient (Wildman–Crippen LogP) is 1.33. The molecule has 0 aromatic carbocycles. The van der Waals surface area contributed by atoms with E-state index in [0.717, 1.165) is 52.2 Å². The van der Waals surface area contributed by atoms with Gasteiger partial charge in [0.05, 0.1) is 0 Å². The summed E-state index contributed by atoms with van der Waals surface area (Å²) in [5, 5.41) is 4.85. The molecule has 0 unspecified atom stereocenters. The third-order valence-corrected chi connectivity index (χ3v) is 7.65. The second-order valence-electron chi connectivity index (χ2n) is 6.38. The van der Waals surface area contributed by atoms with Crippen LogP contribution in [0.3, 0.4) is 0 Å². The summed E-state index contributed by atoms with van der Waals surface area (Å²) in [7, 11) is 0. The number of rotatable bonds is 1. The van der Waals surface area contributed by atoms with Crippen molar-refractivity contribution in [2.75, 3.05) is 0 Å². The molecular weight excluding hydrogens is 298 g/mol. The molecule has 6 aliphatic carbocycles. The number of hydrogen-bond acceptors (Lipinski definition) is 2. The molecule has 6 fully saturated rings. The molecule has 6 bridgehead atoms. The van der Waals surface area contributed by atoms with Gasteiger partial charge in [-0.3, -0.25) is 5.43 Å². The highest BCUT2D eigenvalue weighted by molar-refractivity contribution is 9.09. The highest BCUT2D eigenvalue weighted by Crippen LogP contribution is 2.82. The number of nitrogens with one attached hydrogen (secondary N) is 1. The van der Waals surface area contributed by atoms with Crippen molar-refractivity contribution in [3.05, 3.63) is 0 Å². The molecular formula is C12H14BrN3S. The van der Waals surface area contributed by atoms with Crippen molar-refractivity contribution in [1.82, 2.24) is 5.43 Å². The van der Waals surface area contributed by atoms with Crippen LogP contribution in [0.4, 0.5) is 0 Å². The van der Waals surface area contributed by atoms with Gasteiger partial charge >= 0.3 is 0 Å². The van der Waals surface area contributed by atoms with E-state index in [0.29, 0.717) is 5.11 Å². The van der Waals surface area contributed by atoms with E-state index in [9.17, 15) is 0 Å². The summed E-state index contributed by atoms with van der Waals surface area (Å²) < 4.78 is 0. The number of hydrazone groups is 1. The Hall–Kier alpha value is -0.160. The Bertz CT molecular complexity index is 476. The highest BCUT2D eigenvalue weighted by Gasteiger charge is 2.82. The molecule has 3 N–H and O–H groups in total. The maximum Gasteiger partial charge on any atom is 0.184 e. The molecule has 6 rings (SSSR count). The standard InChI is InChI=1S/C12H14BrN3S/c13-10-6-2-1-3-4(6)9-8(10)5(2)7(3)11(9)15-16-12(14)17/h2-10H,1H2,(H3,14,16,17)/b15-11+/t2-,3-,4-,5-,6-,7-,8+,9-,10+/m0/s1. The van der Waals surface area contributed by atoms with Crippen LogP contribution in [0.25, 0.3) is 0 Å². The highest BCUT2D eigenvalue weighted by atomic mass is 79.9. The van der Waals surface area contributed by atoms with Crippen molar-refractivity contribution in [2.24, 2.45) is 58.2 Å². The summed E-state index contributed by atoms with van der Waals surface area (Å²) in [6.07, 6.45) is 1.46. The van der Waals surface area contributed by atoms with Crippen LogP contribution in [0.15, 0.2) is 5.10 Å². The minimum Gasteiger partial charge on any atom is -0.375 e. The third kappa shape index (κ3) is 0.820. The Morgan fingerprint density at radius 1 is 1.24 bits per heavy atom. The topological polar surface area (TPSA) is 50.4 Å². The smallest absolute Gasteiger partial charge is 0.184 e. The summed E-state index contributed by atoms with van der Waals surface area (Å²) in [5.41, 5.74) is 9.73. The number of hydrogen-bond donors (Lipinski definition) is 2. The summed E-state index contributed by atoms with van der Waals surface area (Å²) in [5.74, 6) is 7.11. The van der Waals surface area contributed by atoms with E-state index in [2.05, 4.69) is 26.5 Å². The molecule has 0 radical (unpaired) electrons. The van der Waals surface area contributed by atoms with Gasteiger partial charge in [-0.05, 0) is 54.1 Å². The molecule has 6 aliphatic rings. The number of alkyl halides is 1. The van der Waals surface area contributed by atoms with Crippen molar-refractivity contribution < 1.29 is 0 Å². The Labute approximate surface area is 114 Å². The number of nitrogens with zero attached hydrogens (tertiary/aromatic N) is 1. The molecule has 0 saturated heterocycles. The Morgan fingerprint density at radius 3 is 2.71 bits per heavy atom. The fourth-order valence-electron chi connectivity index (χ4n) is 6.49. The van der Waals surface area contributed by atoms with Crippen LogP contribution in [-0.2, 0) is 0 Å². The lowest BCUT2D eigenvalue weighted by atomic mass is 9.71. The first kappa shape index (κ1) is 9.73. The largest absolute Gasteiger partial charge is 0.375 e. The number of halogens is 1. The van der Waals surface area contributed by atoms with E-state index in [1.807, 2.05) is 0 Å². The van der Waals surface area contributed by atoms with Gasteiger partial charge in [0.25, 0.3) is 0 Å². The molecule has 6 saturated carbocycles. The zero-order valence-electron chi connectivity index (χ0n) is 9.21. The zero-order valence-corrected chi connectivity index (χ0v) is 11.6. The zero-order chi connectivity index (χ0) is 11.5. The number of thiocarbonyl (C=S) groups is 1. The van der Waals surface area contributed by atoms with Crippen molar-refractivity contribution in [2.45, 2.75) is 11.2 Å². The van der Waals surface area contributed by atoms with Crippen LogP contribution >= 0.6 is 28.1 Å². The Morgan fingerprint density at radius 2 is 2.00 bits per heavy atom. The van der Waals surface area contributed by atoms with Crippen molar-refractivity contribution in [3.63, 3.8) is 0 Å². The molecule has 90 valence electrons. The van der Waals surface area contributed by atoms with Gasteiger partial charge < -0.3 is 5.73 Å². The fourth-order valence-corrected chi connectivity index (χ4v) is 7.97. The van der Waals surface area contributed by atoms with Gasteiger partial charge in [-0.25, -0.2) is 0 Å². The van der Waals surface area contributed by atoms with Crippen LogP contribution in [0.1, 0.15) is 6.42 Å². The van der Waals surface area contributed by atoms with Gasteiger partial charge in [-0.15, -0.1) is 0 Å². The van der Waals surface area contributed by atoms with E-state index in [4.69, 9.17) is 18.0 Å². The molecule has 17 heavy (non-hydrogen) atoms. The van der Waals surface area contributed by atoms with E-state index in [1.54, 1.807) is 0 Å². The normalized spacial score (nSPS) is 65.7. The first-order chi connectivity index (χ1) is 8.20. The van der Waals surface area contributed by atoms with E-state index in [1.165, 1.54) is 12.1 Å². The first-order valence-corrected chi connectivity index (χ1v) is 7.79. The van der Waals surface area contributed by atoms with Crippen LogP contribution in [-0.4, -0.2) is 15.7 Å². The lowest BCUT2D eigenvalue weighted by molar-refractivity contribution is 0.132. The van der Waals surface area contributed by atoms with Crippen LogP contribution in [0.2, 0.25) is 0 Å². The second kappa shape index (κ2) is 2.72. The fraction of sp³-hybridized carbons (Fsp3) is 0.833. The Balaban J connectivity index is 1.62.